The lowest BCUT2D eigenvalue weighted by molar-refractivity contribution is 0.0528. The van der Waals surface area contributed by atoms with Crippen molar-refractivity contribution in [3.63, 3.8) is 0 Å². The molecule has 1 aromatic heterocycles. The Hall–Kier alpha value is -2.34. The number of carbonyl (C=O) groups excluding carboxylic acids is 2. The molecule has 0 bridgehead atoms. The van der Waals surface area contributed by atoms with Crippen molar-refractivity contribution in [2.45, 2.75) is 13.8 Å². The summed E-state index contributed by atoms with van der Waals surface area (Å²) >= 11 is 1.29. The van der Waals surface area contributed by atoms with Crippen LogP contribution >= 0.6 is 11.3 Å². The minimum atomic E-state index is -0.645. The average molecular weight is 305 g/mol. The lowest BCUT2D eigenvalue weighted by atomic mass is 10.3. The summed E-state index contributed by atoms with van der Waals surface area (Å²) in [4.78, 5) is 24.6. The van der Waals surface area contributed by atoms with E-state index in [1.165, 1.54) is 11.3 Å². The molecule has 1 aromatic carbocycles. The van der Waals surface area contributed by atoms with Gasteiger partial charge in [-0.25, -0.2) is 9.59 Å². The van der Waals surface area contributed by atoms with Gasteiger partial charge in [-0.3, -0.25) is 5.32 Å². The molecule has 1 amide bonds. The molecule has 2 aromatic rings. The molecule has 0 unspecified atom stereocenters. The Morgan fingerprint density at radius 3 is 2.62 bits per heavy atom. The molecule has 0 radical (unpaired) electrons. The predicted octanol–water partition coefficient (Wildman–Crippen LogP) is 3.84. The maximum absolute atomic E-state index is 11.8. The van der Waals surface area contributed by atoms with Crippen LogP contribution in [0, 0.1) is 6.92 Å². The van der Waals surface area contributed by atoms with Gasteiger partial charge in [-0.05, 0) is 32.0 Å². The van der Waals surface area contributed by atoms with Gasteiger partial charge in [0.1, 0.15) is 10.8 Å². The summed E-state index contributed by atoms with van der Waals surface area (Å²) in [6.07, 6.45) is -0.645. The summed E-state index contributed by atoms with van der Waals surface area (Å²) in [7, 11) is 0. The molecule has 5 nitrogen and oxygen atoms in total. The third-order valence-corrected chi connectivity index (χ3v) is 3.49. The SMILES string of the molecule is CCOC(=O)c1cc(C)sc1NC(=O)Oc1ccccc1. The molecule has 1 N–H and O–H groups in total. The van der Waals surface area contributed by atoms with Crippen LogP contribution in [-0.2, 0) is 4.74 Å². The van der Waals surface area contributed by atoms with Crippen LogP contribution in [0.5, 0.6) is 5.75 Å². The number of carbonyl (C=O) groups is 2. The number of para-hydroxylation sites is 1. The number of benzene rings is 1. The standard InChI is InChI=1S/C15H15NO4S/c1-3-19-14(17)12-9-10(2)21-13(12)16-15(18)20-11-7-5-4-6-8-11/h4-9H,3H2,1-2H3,(H,16,18). The number of nitrogens with one attached hydrogen (secondary N) is 1. The molecule has 0 aliphatic heterocycles. The van der Waals surface area contributed by atoms with Crippen LogP contribution in [-0.4, -0.2) is 18.7 Å². The van der Waals surface area contributed by atoms with Gasteiger partial charge in [-0.2, -0.15) is 0 Å². The highest BCUT2D eigenvalue weighted by atomic mass is 32.1. The summed E-state index contributed by atoms with van der Waals surface area (Å²) in [6.45, 7) is 3.86. The second-order valence-corrected chi connectivity index (χ2v) is 5.40. The van der Waals surface area contributed by atoms with Crippen molar-refractivity contribution < 1.29 is 19.1 Å². The number of rotatable bonds is 4. The third-order valence-electron chi connectivity index (χ3n) is 2.52. The Morgan fingerprint density at radius 1 is 1.24 bits per heavy atom. The quantitative estimate of drug-likeness (QED) is 0.872. The zero-order valence-electron chi connectivity index (χ0n) is 11.7. The first-order valence-corrected chi connectivity index (χ1v) is 7.23. The van der Waals surface area contributed by atoms with Crippen LogP contribution in [0.3, 0.4) is 0 Å². The normalized spacial score (nSPS) is 10.0. The van der Waals surface area contributed by atoms with E-state index in [1.807, 2.05) is 13.0 Å². The second kappa shape index (κ2) is 6.90. The number of aryl methyl sites for hydroxylation is 1. The number of hydrogen-bond donors (Lipinski definition) is 1. The maximum atomic E-state index is 11.8. The Bertz CT molecular complexity index is 636. The van der Waals surface area contributed by atoms with E-state index >= 15 is 0 Å². The number of thiophene rings is 1. The molecule has 110 valence electrons. The molecule has 0 atom stereocenters. The third kappa shape index (κ3) is 4.06. The van der Waals surface area contributed by atoms with Crippen LogP contribution in [0.2, 0.25) is 0 Å². The molecule has 0 fully saturated rings. The molecule has 0 spiro atoms. The van der Waals surface area contributed by atoms with E-state index in [0.29, 0.717) is 16.3 Å². The zero-order chi connectivity index (χ0) is 15.2. The van der Waals surface area contributed by atoms with Gasteiger partial charge in [0.05, 0.1) is 12.2 Å². The van der Waals surface area contributed by atoms with Gasteiger partial charge in [-0.1, -0.05) is 18.2 Å². The number of anilines is 1. The van der Waals surface area contributed by atoms with Crippen molar-refractivity contribution in [3.8, 4) is 5.75 Å². The van der Waals surface area contributed by atoms with E-state index in [2.05, 4.69) is 5.32 Å². The fourth-order valence-corrected chi connectivity index (χ4v) is 2.57. The molecule has 21 heavy (non-hydrogen) atoms. The molecular weight excluding hydrogens is 290 g/mol. The average Bonchev–Trinajstić information content (AvgIpc) is 2.81. The zero-order valence-corrected chi connectivity index (χ0v) is 12.5. The predicted molar refractivity (Wildman–Crippen MR) is 81.1 cm³/mol. The van der Waals surface area contributed by atoms with Crippen LogP contribution < -0.4 is 10.1 Å². The second-order valence-electron chi connectivity index (χ2n) is 4.15. The molecule has 0 aliphatic carbocycles. The van der Waals surface area contributed by atoms with Gasteiger partial charge < -0.3 is 9.47 Å². The van der Waals surface area contributed by atoms with E-state index in [0.717, 1.165) is 4.88 Å². The van der Waals surface area contributed by atoms with Crippen molar-refractivity contribution in [2.24, 2.45) is 0 Å². The van der Waals surface area contributed by atoms with Gasteiger partial charge in [-0.15, -0.1) is 11.3 Å². The highest BCUT2D eigenvalue weighted by molar-refractivity contribution is 7.16. The number of esters is 1. The van der Waals surface area contributed by atoms with Crippen LogP contribution in [0.25, 0.3) is 0 Å². The lowest BCUT2D eigenvalue weighted by Gasteiger charge is -2.06. The van der Waals surface area contributed by atoms with Crippen LogP contribution in [0.1, 0.15) is 22.2 Å². The molecule has 1 heterocycles. The van der Waals surface area contributed by atoms with E-state index in [1.54, 1.807) is 37.3 Å². The number of amides is 1. The fourth-order valence-electron chi connectivity index (χ4n) is 1.68. The van der Waals surface area contributed by atoms with E-state index in [-0.39, 0.29) is 6.61 Å². The Kier molecular flexibility index (Phi) is 4.94. The van der Waals surface area contributed by atoms with Gasteiger partial charge in [0, 0.05) is 4.88 Å². The topological polar surface area (TPSA) is 64.6 Å². The Morgan fingerprint density at radius 2 is 1.95 bits per heavy atom. The first kappa shape index (κ1) is 15.1. The van der Waals surface area contributed by atoms with E-state index in [9.17, 15) is 9.59 Å². The first-order chi connectivity index (χ1) is 10.1. The van der Waals surface area contributed by atoms with Crippen LogP contribution in [0.15, 0.2) is 36.4 Å². The summed E-state index contributed by atoms with van der Waals surface area (Å²) < 4.78 is 10.1. The minimum Gasteiger partial charge on any atom is -0.462 e. The summed E-state index contributed by atoms with van der Waals surface area (Å²) in [5.74, 6) is -0.0298. The van der Waals surface area contributed by atoms with Crippen molar-refractivity contribution in [1.82, 2.24) is 0 Å². The van der Waals surface area contributed by atoms with E-state index in [4.69, 9.17) is 9.47 Å². The fraction of sp³-hybridized carbons (Fsp3) is 0.200. The molecule has 0 aliphatic rings. The van der Waals surface area contributed by atoms with Crippen LogP contribution in [0.4, 0.5) is 9.80 Å². The van der Waals surface area contributed by atoms with Gasteiger partial charge >= 0.3 is 12.1 Å². The summed E-state index contributed by atoms with van der Waals surface area (Å²) in [5, 5.41) is 3.00. The highest BCUT2D eigenvalue weighted by Crippen LogP contribution is 2.28. The highest BCUT2D eigenvalue weighted by Gasteiger charge is 2.18. The molecule has 6 heteroatoms. The molecule has 0 saturated heterocycles. The van der Waals surface area contributed by atoms with Crippen molar-refractivity contribution >= 4 is 28.4 Å². The lowest BCUT2D eigenvalue weighted by Crippen LogP contribution is -2.18. The number of hydrogen-bond acceptors (Lipinski definition) is 5. The maximum Gasteiger partial charge on any atom is 0.417 e. The first-order valence-electron chi connectivity index (χ1n) is 6.41. The summed E-state index contributed by atoms with van der Waals surface area (Å²) in [6, 6.07) is 10.4. The minimum absolute atomic E-state index is 0.279. The number of ether oxygens (including phenoxy) is 2. The van der Waals surface area contributed by atoms with Crippen molar-refractivity contribution in [1.29, 1.82) is 0 Å². The Balaban J connectivity index is 2.09. The monoisotopic (exact) mass is 305 g/mol. The molecule has 2 rings (SSSR count). The summed E-state index contributed by atoms with van der Waals surface area (Å²) in [5.41, 5.74) is 0.337. The van der Waals surface area contributed by atoms with Gasteiger partial charge in [0.15, 0.2) is 0 Å². The van der Waals surface area contributed by atoms with Gasteiger partial charge in [0.2, 0.25) is 0 Å². The molecule has 0 saturated carbocycles. The Labute approximate surface area is 126 Å². The van der Waals surface area contributed by atoms with Gasteiger partial charge in [0.25, 0.3) is 0 Å². The van der Waals surface area contributed by atoms with Crippen molar-refractivity contribution in [3.05, 3.63) is 46.8 Å². The van der Waals surface area contributed by atoms with Crippen molar-refractivity contribution in [2.75, 3.05) is 11.9 Å². The van der Waals surface area contributed by atoms with E-state index < -0.39 is 12.1 Å². The largest absolute Gasteiger partial charge is 0.462 e. The smallest absolute Gasteiger partial charge is 0.417 e. The molecular formula is C15H15NO4S.